The van der Waals surface area contributed by atoms with Gasteiger partial charge in [0.2, 0.25) is 0 Å². The van der Waals surface area contributed by atoms with Crippen LogP contribution in [0, 0.1) is 28.6 Å². The molecule has 0 spiro atoms. The fraction of sp³-hybridized carbons (Fsp3) is 0.821. The largest absolute Gasteiger partial charge is 0.458 e. The number of carbonyl (C=O) groups is 3. The molecule has 4 saturated carbocycles. The molecule has 4 fully saturated rings. The number of hydrogen-bond acceptors (Lipinski definition) is 7. The summed E-state index contributed by atoms with van der Waals surface area (Å²) in [4.78, 5) is 37.1. The van der Waals surface area contributed by atoms with Gasteiger partial charge in [-0.05, 0) is 74.7 Å². The number of cyclic esters (lactones) is 1. The number of quaternary nitrogens is 1. The van der Waals surface area contributed by atoms with Crippen LogP contribution in [0.2, 0.25) is 0 Å². The van der Waals surface area contributed by atoms with Crippen LogP contribution >= 0.6 is 0 Å². The molecular weight excluding hydrogens is 462 g/mol. The van der Waals surface area contributed by atoms with Gasteiger partial charge in [-0.2, -0.15) is 0 Å². The van der Waals surface area contributed by atoms with Crippen molar-refractivity contribution in [2.75, 3.05) is 34.3 Å². The molecule has 0 saturated heterocycles. The molecule has 1 aliphatic heterocycles. The van der Waals surface area contributed by atoms with Crippen molar-refractivity contribution in [2.45, 2.75) is 82.0 Å². The van der Waals surface area contributed by atoms with E-state index in [9.17, 15) is 24.6 Å². The van der Waals surface area contributed by atoms with Crippen LogP contribution in [0.1, 0.15) is 64.7 Å². The highest BCUT2D eigenvalue weighted by atomic mass is 16.5. The van der Waals surface area contributed by atoms with Gasteiger partial charge in [-0.1, -0.05) is 6.92 Å². The molecule has 0 aromatic heterocycles. The summed E-state index contributed by atoms with van der Waals surface area (Å²) >= 11 is 0. The second kappa shape index (κ2) is 8.37. The Balaban J connectivity index is 1.38. The zero-order valence-electron chi connectivity index (χ0n) is 22.1. The first kappa shape index (κ1) is 25.9. The van der Waals surface area contributed by atoms with Crippen molar-refractivity contribution in [3.05, 3.63) is 11.6 Å². The average molecular weight is 505 g/mol. The molecule has 36 heavy (non-hydrogen) atoms. The number of likely N-dealkylation sites (N-methyl/N-ethyl adjacent to an activating group) is 1. The molecule has 1 heterocycles. The Bertz CT molecular complexity index is 987. The molecule has 8 atom stereocenters. The van der Waals surface area contributed by atoms with Gasteiger partial charge in [0, 0.05) is 17.9 Å². The standard InChI is InChI=1S/C28H42NO7/c1-25-9-6-21-22(28(25,34)12-8-20(25)18-13-23(31)35-16-18)7-11-27(33)14-19(5-10-26(21,27)17-30)36-24(32)15-29(2,3)4/h13,17,19-22,33-34H,5-12,14-16H2,1-4H3/q+1. The van der Waals surface area contributed by atoms with E-state index < -0.39 is 28.1 Å². The number of aldehydes is 1. The normalized spacial score (nSPS) is 46.2. The predicted molar refractivity (Wildman–Crippen MR) is 130 cm³/mol. The molecule has 5 aliphatic rings. The van der Waals surface area contributed by atoms with Crippen molar-refractivity contribution in [1.82, 2.24) is 0 Å². The van der Waals surface area contributed by atoms with E-state index in [-0.39, 0.29) is 42.7 Å². The van der Waals surface area contributed by atoms with Gasteiger partial charge >= 0.3 is 11.9 Å². The molecule has 0 amide bonds. The van der Waals surface area contributed by atoms with Gasteiger partial charge in [-0.25, -0.2) is 9.59 Å². The number of esters is 2. The van der Waals surface area contributed by atoms with Crippen LogP contribution in [-0.4, -0.2) is 84.5 Å². The van der Waals surface area contributed by atoms with Gasteiger partial charge in [0.25, 0.3) is 0 Å². The van der Waals surface area contributed by atoms with Crippen LogP contribution in [0.25, 0.3) is 0 Å². The highest BCUT2D eigenvalue weighted by Gasteiger charge is 2.71. The Kier molecular flexibility index (Phi) is 6.01. The number of fused-ring (bicyclic) bond motifs is 5. The Hall–Kier alpha value is -1.77. The van der Waals surface area contributed by atoms with Gasteiger partial charge in [0.15, 0.2) is 6.54 Å². The van der Waals surface area contributed by atoms with Gasteiger partial charge < -0.3 is 29.0 Å². The van der Waals surface area contributed by atoms with E-state index in [1.165, 1.54) is 0 Å². The van der Waals surface area contributed by atoms with Crippen molar-refractivity contribution in [3.63, 3.8) is 0 Å². The van der Waals surface area contributed by atoms with E-state index >= 15 is 0 Å². The summed E-state index contributed by atoms with van der Waals surface area (Å²) in [5, 5.41) is 24.3. The third-order valence-corrected chi connectivity index (χ3v) is 10.7. The summed E-state index contributed by atoms with van der Waals surface area (Å²) in [5.41, 5.74) is -2.57. The van der Waals surface area contributed by atoms with Crippen LogP contribution in [-0.2, 0) is 23.9 Å². The number of hydrogen-bond donors (Lipinski definition) is 2. The summed E-state index contributed by atoms with van der Waals surface area (Å²) in [6, 6.07) is 0. The maximum Gasteiger partial charge on any atom is 0.362 e. The molecule has 0 aromatic carbocycles. The topological polar surface area (TPSA) is 110 Å². The summed E-state index contributed by atoms with van der Waals surface area (Å²) < 4.78 is 11.4. The second-order valence-corrected chi connectivity index (χ2v) is 13.5. The molecular formula is C28H42NO7+. The molecule has 4 aliphatic carbocycles. The molecule has 0 bridgehead atoms. The highest BCUT2D eigenvalue weighted by molar-refractivity contribution is 5.85. The number of ether oxygens (including phenoxy) is 2. The smallest absolute Gasteiger partial charge is 0.362 e. The van der Waals surface area contributed by atoms with Gasteiger partial charge in [-0.15, -0.1) is 0 Å². The Labute approximate surface area is 213 Å². The lowest BCUT2D eigenvalue weighted by Gasteiger charge is -2.65. The van der Waals surface area contributed by atoms with Crippen molar-refractivity contribution < 1.29 is 38.6 Å². The minimum absolute atomic E-state index is 0.0826. The second-order valence-electron chi connectivity index (χ2n) is 13.5. The fourth-order valence-corrected chi connectivity index (χ4v) is 9.03. The Morgan fingerprint density at radius 1 is 1.11 bits per heavy atom. The van der Waals surface area contributed by atoms with Gasteiger partial charge in [0.05, 0.1) is 37.8 Å². The minimum Gasteiger partial charge on any atom is -0.458 e. The van der Waals surface area contributed by atoms with E-state index in [4.69, 9.17) is 9.47 Å². The minimum atomic E-state index is -1.24. The summed E-state index contributed by atoms with van der Waals surface area (Å²) in [7, 11) is 5.78. The van der Waals surface area contributed by atoms with Crippen LogP contribution in [0.3, 0.4) is 0 Å². The predicted octanol–water partition coefficient (Wildman–Crippen LogP) is 2.16. The van der Waals surface area contributed by atoms with E-state index in [1.807, 2.05) is 21.1 Å². The van der Waals surface area contributed by atoms with E-state index in [0.717, 1.165) is 31.1 Å². The summed E-state index contributed by atoms with van der Waals surface area (Å²) in [6.07, 6.45) is 7.36. The monoisotopic (exact) mass is 504 g/mol. The van der Waals surface area contributed by atoms with Crippen molar-refractivity contribution in [1.29, 1.82) is 0 Å². The fourth-order valence-electron chi connectivity index (χ4n) is 9.03. The zero-order valence-corrected chi connectivity index (χ0v) is 22.1. The third kappa shape index (κ3) is 3.70. The van der Waals surface area contributed by atoms with E-state index in [1.54, 1.807) is 6.08 Å². The molecule has 0 aromatic rings. The maximum atomic E-state index is 12.9. The van der Waals surface area contributed by atoms with Gasteiger partial charge in [-0.3, -0.25) is 0 Å². The van der Waals surface area contributed by atoms with Crippen LogP contribution in [0.4, 0.5) is 0 Å². The van der Waals surface area contributed by atoms with Crippen LogP contribution < -0.4 is 0 Å². The average Bonchev–Trinajstić information content (AvgIpc) is 3.31. The highest BCUT2D eigenvalue weighted by Crippen LogP contribution is 2.70. The number of aliphatic hydroxyl groups is 2. The zero-order chi connectivity index (χ0) is 26.1. The Morgan fingerprint density at radius 2 is 1.83 bits per heavy atom. The molecule has 0 radical (unpaired) electrons. The first-order valence-electron chi connectivity index (χ1n) is 13.6. The van der Waals surface area contributed by atoms with E-state index in [2.05, 4.69) is 6.92 Å². The first-order valence-corrected chi connectivity index (χ1v) is 13.6. The van der Waals surface area contributed by atoms with E-state index in [0.29, 0.717) is 43.2 Å². The van der Waals surface area contributed by atoms with Crippen LogP contribution in [0.15, 0.2) is 11.6 Å². The number of carbonyl (C=O) groups excluding carboxylic acids is 3. The third-order valence-electron chi connectivity index (χ3n) is 10.7. The van der Waals surface area contributed by atoms with Crippen molar-refractivity contribution in [3.8, 4) is 0 Å². The molecule has 200 valence electrons. The lowest BCUT2D eigenvalue weighted by atomic mass is 9.41. The maximum absolute atomic E-state index is 12.9. The summed E-state index contributed by atoms with van der Waals surface area (Å²) in [6.45, 7) is 2.69. The summed E-state index contributed by atoms with van der Waals surface area (Å²) in [5.74, 6) is -0.725. The van der Waals surface area contributed by atoms with Gasteiger partial charge in [0.1, 0.15) is 19.0 Å². The van der Waals surface area contributed by atoms with Crippen LogP contribution in [0.5, 0.6) is 0 Å². The molecule has 8 heteroatoms. The first-order chi connectivity index (χ1) is 16.8. The quantitative estimate of drug-likeness (QED) is 0.335. The lowest BCUT2D eigenvalue weighted by Crippen LogP contribution is -2.69. The SMILES string of the molecule is CC12CCC3C(CCC4(O)CC(OC(=O)C[N+](C)(C)C)CCC34C=O)C1(O)CCC2C1=CC(=O)OC1. The molecule has 5 rings (SSSR count). The number of rotatable bonds is 5. The molecule has 8 nitrogen and oxygen atoms in total. The molecule has 8 unspecified atom stereocenters. The number of nitrogens with zero attached hydrogens (tertiary/aromatic N) is 1. The lowest BCUT2D eigenvalue weighted by molar-refractivity contribution is -0.862. The van der Waals surface area contributed by atoms with Crippen molar-refractivity contribution >= 4 is 18.2 Å². The Morgan fingerprint density at radius 3 is 2.47 bits per heavy atom. The van der Waals surface area contributed by atoms with Crippen molar-refractivity contribution in [2.24, 2.45) is 28.6 Å². The molecule has 2 N–H and O–H groups in total.